The molecule has 1 heterocycles. The van der Waals surface area contributed by atoms with Crippen LogP contribution in [-0.4, -0.2) is 78.4 Å². The van der Waals surface area contributed by atoms with Gasteiger partial charge in [0.1, 0.15) is 6.54 Å². The van der Waals surface area contributed by atoms with E-state index in [1.165, 1.54) is 16.9 Å². The number of carboxylic acid groups (broad SMARTS) is 1. The molecule has 2 amide bonds. The van der Waals surface area contributed by atoms with Gasteiger partial charge in [-0.25, -0.2) is 9.59 Å². The maximum Gasteiger partial charge on any atom is 0.331 e. The van der Waals surface area contributed by atoms with Crippen molar-refractivity contribution >= 4 is 18.0 Å². The summed E-state index contributed by atoms with van der Waals surface area (Å²) in [5, 5.41) is 8.90. The fourth-order valence-electron chi connectivity index (χ4n) is 2.21. The number of carbonyl (C=O) groups is 3. The largest absolute Gasteiger partial charge is 0.480 e. The number of carbonyl (C=O) groups excluding carboxylic acids is 2. The van der Waals surface area contributed by atoms with Gasteiger partial charge in [0.15, 0.2) is 6.04 Å². The van der Waals surface area contributed by atoms with Crippen LogP contribution in [0.3, 0.4) is 0 Å². The maximum atomic E-state index is 12.5. The number of hydrogen-bond acceptors (Lipinski definition) is 5. The van der Waals surface area contributed by atoms with Crippen molar-refractivity contribution in [2.24, 2.45) is 0 Å². The number of aliphatic carboxylic acids is 1. The summed E-state index contributed by atoms with van der Waals surface area (Å²) in [7, 11) is 1.25. The Hall–Kier alpha value is -1.83. The quantitative estimate of drug-likeness (QED) is 0.702. The van der Waals surface area contributed by atoms with Crippen LogP contribution in [0.2, 0.25) is 0 Å². The smallest absolute Gasteiger partial charge is 0.331 e. The van der Waals surface area contributed by atoms with Gasteiger partial charge in [0.2, 0.25) is 0 Å². The second-order valence-electron chi connectivity index (χ2n) is 4.84. The first-order chi connectivity index (χ1) is 9.54. The molecule has 1 N–H and O–H groups in total. The molecule has 0 radical (unpaired) electrons. The van der Waals surface area contributed by atoms with E-state index in [1.54, 1.807) is 0 Å². The number of esters is 1. The Morgan fingerprint density at radius 3 is 2.65 bits per heavy atom. The highest BCUT2D eigenvalue weighted by Gasteiger charge is 2.41. The summed E-state index contributed by atoms with van der Waals surface area (Å²) in [4.78, 5) is 37.7. The van der Waals surface area contributed by atoms with Gasteiger partial charge in [0, 0.05) is 12.6 Å². The number of amides is 2. The molecule has 1 saturated heterocycles. The van der Waals surface area contributed by atoms with Crippen LogP contribution < -0.4 is 0 Å². The number of carboxylic acids is 1. The maximum absolute atomic E-state index is 12.5. The predicted octanol–water partition coefficient (Wildman–Crippen LogP) is -0.471. The number of nitrogens with zero attached hydrogens (tertiary/aromatic N) is 2. The molecule has 1 aliphatic carbocycles. The Bertz CT molecular complexity index is 409. The van der Waals surface area contributed by atoms with Gasteiger partial charge >= 0.3 is 18.0 Å². The van der Waals surface area contributed by atoms with Crippen molar-refractivity contribution in [2.75, 3.05) is 33.4 Å². The van der Waals surface area contributed by atoms with E-state index < -0.39 is 24.0 Å². The molecular formula is C12H18N2O6. The molecule has 0 aromatic rings. The normalized spacial score (nSPS) is 22.2. The van der Waals surface area contributed by atoms with Crippen molar-refractivity contribution in [3.8, 4) is 0 Å². The van der Waals surface area contributed by atoms with Crippen molar-refractivity contribution in [1.29, 1.82) is 0 Å². The van der Waals surface area contributed by atoms with Crippen LogP contribution in [0.5, 0.6) is 0 Å². The van der Waals surface area contributed by atoms with Crippen LogP contribution >= 0.6 is 0 Å². The van der Waals surface area contributed by atoms with Crippen molar-refractivity contribution in [1.82, 2.24) is 9.80 Å². The molecule has 0 bridgehead atoms. The van der Waals surface area contributed by atoms with Crippen LogP contribution in [0.4, 0.5) is 4.79 Å². The summed E-state index contributed by atoms with van der Waals surface area (Å²) in [5.41, 5.74) is 0. The molecule has 0 spiro atoms. The molecule has 2 rings (SSSR count). The van der Waals surface area contributed by atoms with Gasteiger partial charge in [-0.2, -0.15) is 0 Å². The zero-order valence-corrected chi connectivity index (χ0v) is 11.3. The van der Waals surface area contributed by atoms with Crippen LogP contribution in [0, 0.1) is 0 Å². The Morgan fingerprint density at radius 1 is 1.40 bits per heavy atom. The minimum Gasteiger partial charge on any atom is -0.480 e. The van der Waals surface area contributed by atoms with E-state index >= 15 is 0 Å². The molecule has 2 aliphatic rings. The lowest BCUT2D eigenvalue weighted by atomic mass is 10.2. The van der Waals surface area contributed by atoms with Crippen molar-refractivity contribution in [3.05, 3.63) is 0 Å². The highest BCUT2D eigenvalue weighted by molar-refractivity contribution is 5.86. The van der Waals surface area contributed by atoms with Gasteiger partial charge in [0.05, 0.1) is 20.3 Å². The van der Waals surface area contributed by atoms with Crippen molar-refractivity contribution in [2.45, 2.75) is 24.9 Å². The molecule has 1 saturated carbocycles. The third kappa shape index (κ3) is 3.19. The van der Waals surface area contributed by atoms with E-state index in [0.29, 0.717) is 6.61 Å². The first kappa shape index (κ1) is 14.6. The molecular weight excluding hydrogens is 268 g/mol. The zero-order valence-electron chi connectivity index (χ0n) is 11.3. The Morgan fingerprint density at radius 2 is 2.10 bits per heavy atom. The van der Waals surface area contributed by atoms with Crippen LogP contribution in [-0.2, 0) is 19.1 Å². The summed E-state index contributed by atoms with van der Waals surface area (Å²) >= 11 is 0. The van der Waals surface area contributed by atoms with Gasteiger partial charge in [-0.05, 0) is 12.8 Å². The van der Waals surface area contributed by atoms with Crippen LogP contribution in [0.25, 0.3) is 0 Å². The Labute approximate surface area is 116 Å². The van der Waals surface area contributed by atoms with Crippen molar-refractivity contribution < 1.29 is 29.0 Å². The third-order valence-electron chi connectivity index (χ3n) is 3.39. The van der Waals surface area contributed by atoms with Crippen LogP contribution in [0.1, 0.15) is 12.8 Å². The van der Waals surface area contributed by atoms with E-state index in [1.807, 2.05) is 0 Å². The van der Waals surface area contributed by atoms with Crippen LogP contribution in [0.15, 0.2) is 0 Å². The lowest BCUT2D eigenvalue weighted by Crippen LogP contribution is -2.57. The lowest BCUT2D eigenvalue weighted by Gasteiger charge is -2.37. The molecule has 8 heteroatoms. The molecule has 8 nitrogen and oxygen atoms in total. The minimum absolute atomic E-state index is 0.0419. The average molecular weight is 286 g/mol. The zero-order chi connectivity index (χ0) is 14.7. The molecule has 0 aromatic heterocycles. The number of hydrogen-bond donors (Lipinski definition) is 1. The Kier molecular flexibility index (Phi) is 4.43. The second kappa shape index (κ2) is 6.08. The fraction of sp³-hybridized carbons (Fsp3) is 0.750. The number of methoxy groups -OCH3 is 1. The number of morpholine rings is 1. The van der Waals surface area contributed by atoms with Gasteiger partial charge in [0.25, 0.3) is 0 Å². The predicted molar refractivity (Wildman–Crippen MR) is 66.1 cm³/mol. The SMILES string of the molecule is COC(=O)C1COCCN1C(=O)N(CC(=O)O)C1CC1. The van der Waals surface area contributed by atoms with Gasteiger partial charge < -0.3 is 24.4 Å². The van der Waals surface area contributed by atoms with Crippen molar-refractivity contribution in [3.63, 3.8) is 0 Å². The molecule has 112 valence electrons. The van der Waals surface area contributed by atoms with E-state index in [0.717, 1.165) is 12.8 Å². The number of rotatable bonds is 4. The van der Waals surface area contributed by atoms with Gasteiger partial charge in [-0.15, -0.1) is 0 Å². The summed E-state index contributed by atoms with van der Waals surface area (Å²) < 4.78 is 9.85. The van der Waals surface area contributed by atoms with E-state index in [2.05, 4.69) is 4.74 Å². The number of urea groups is 1. The Balaban J connectivity index is 2.10. The van der Waals surface area contributed by atoms with Gasteiger partial charge in [-0.3, -0.25) is 4.79 Å². The lowest BCUT2D eigenvalue weighted by molar-refractivity contribution is -0.151. The van der Waals surface area contributed by atoms with E-state index in [4.69, 9.17) is 9.84 Å². The molecule has 0 aromatic carbocycles. The highest BCUT2D eigenvalue weighted by Crippen LogP contribution is 2.28. The average Bonchev–Trinajstić information content (AvgIpc) is 3.27. The van der Waals surface area contributed by atoms with E-state index in [9.17, 15) is 14.4 Å². The summed E-state index contributed by atoms with van der Waals surface area (Å²) in [6.07, 6.45) is 1.60. The molecule has 2 fully saturated rings. The molecule has 1 unspecified atom stereocenters. The first-order valence-electron chi connectivity index (χ1n) is 6.49. The molecule has 1 aliphatic heterocycles. The topological polar surface area (TPSA) is 96.4 Å². The molecule has 1 atom stereocenters. The fourth-order valence-corrected chi connectivity index (χ4v) is 2.21. The minimum atomic E-state index is -1.06. The standard InChI is InChI=1S/C12H18N2O6/c1-19-11(17)9-7-20-5-4-13(9)12(18)14(6-10(15)16)8-2-3-8/h8-9H,2-7H2,1H3,(H,15,16). The summed E-state index contributed by atoms with van der Waals surface area (Å²) in [6, 6.07) is -1.29. The van der Waals surface area contributed by atoms with Gasteiger partial charge in [-0.1, -0.05) is 0 Å². The molecule has 20 heavy (non-hydrogen) atoms. The monoisotopic (exact) mass is 286 g/mol. The second-order valence-corrected chi connectivity index (χ2v) is 4.84. The summed E-state index contributed by atoms with van der Waals surface area (Å²) in [5.74, 6) is -1.61. The summed E-state index contributed by atoms with van der Waals surface area (Å²) in [6.45, 7) is 0.297. The first-order valence-corrected chi connectivity index (χ1v) is 6.49. The third-order valence-corrected chi connectivity index (χ3v) is 3.39. The number of ether oxygens (including phenoxy) is 2. The highest BCUT2D eigenvalue weighted by atomic mass is 16.5. The van der Waals surface area contributed by atoms with E-state index in [-0.39, 0.29) is 25.7 Å².